The molecule has 3 rings (SSSR count). The van der Waals surface area contributed by atoms with Crippen molar-refractivity contribution in [3.05, 3.63) is 33.9 Å². The monoisotopic (exact) mass is 265 g/mol. The number of aliphatic hydroxyl groups is 1. The van der Waals surface area contributed by atoms with Crippen molar-refractivity contribution in [1.82, 2.24) is 0 Å². The number of hydrogen-bond acceptors (Lipinski definition) is 5. The fourth-order valence-corrected chi connectivity index (χ4v) is 2.95. The van der Waals surface area contributed by atoms with Crippen LogP contribution < -0.4 is 9.47 Å². The van der Waals surface area contributed by atoms with Crippen molar-refractivity contribution in [3.8, 4) is 11.5 Å². The van der Waals surface area contributed by atoms with Crippen LogP contribution in [0.4, 0.5) is 0 Å². The summed E-state index contributed by atoms with van der Waals surface area (Å²) < 4.78 is 10.5. The number of hydrogen-bond donors (Lipinski definition) is 1. The van der Waals surface area contributed by atoms with Crippen molar-refractivity contribution in [2.75, 3.05) is 6.79 Å². The van der Waals surface area contributed by atoms with Crippen LogP contribution in [-0.4, -0.2) is 29.0 Å². The van der Waals surface area contributed by atoms with E-state index in [1.54, 1.807) is 12.1 Å². The number of ether oxygens (including phenoxy) is 2. The summed E-state index contributed by atoms with van der Waals surface area (Å²) in [5, 5.41) is 21.0. The van der Waals surface area contributed by atoms with Crippen LogP contribution >= 0.6 is 0 Å². The maximum Gasteiger partial charge on any atom is 0.245 e. The lowest BCUT2D eigenvalue weighted by Gasteiger charge is -2.29. The largest absolute Gasteiger partial charge is 0.454 e. The minimum absolute atomic E-state index is 0.185. The summed E-state index contributed by atoms with van der Waals surface area (Å²) in [5.41, 5.74) is 0.838. The Bertz CT molecular complexity index is 504. The summed E-state index contributed by atoms with van der Waals surface area (Å²) in [5.74, 6) is 1.02. The van der Waals surface area contributed by atoms with Crippen LogP contribution in [0, 0.1) is 10.1 Å². The number of benzene rings is 1. The number of rotatable bonds is 2. The van der Waals surface area contributed by atoms with Crippen LogP contribution in [0.3, 0.4) is 0 Å². The van der Waals surface area contributed by atoms with E-state index in [1.807, 2.05) is 6.07 Å². The average Bonchev–Trinajstić information content (AvgIpc) is 2.85. The summed E-state index contributed by atoms with van der Waals surface area (Å²) in [6.45, 7) is 0.185. The normalized spacial score (nSPS) is 29.2. The molecule has 2 aliphatic rings. The van der Waals surface area contributed by atoms with Gasteiger partial charge in [-0.25, -0.2) is 0 Å². The molecule has 0 spiro atoms. The highest BCUT2D eigenvalue weighted by molar-refractivity contribution is 5.45. The SMILES string of the molecule is O=[N+]([O-])[C@H]1[C@H](O)CCC[C@@H]1c1ccc2c(c1)OCO2. The Morgan fingerprint density at radius 1 is 1.26 bits per heavy atom. The molecule has 1 aliphatic heterocycles. The first-order valence-corrected chi connectivity index (χ1v) is 6.38. The van der Waals surface area contributed by atoms with Gasteiger partial charge in [0, 0.05) is 4.92 Å². The van der Waals surface area contributed by atoms with Crippen molar-refractivity contribution in [2.24, 2.45) is 0 Å². The summed E-state index contributed by atoms with van der Waals surface area (Å²) in [4.78, 5) is 10.8. The van der Waals surface area contributed by atoms with Gasteiger partial charge >= 0.3 is 0 Å². The smallest absolute Gasteiger partial charge is 0.245 e. The maximum atomic E-state index is 11.2. The Morgan fingerprint density at radius 2 is 2.05 bits per heavy atom. The second-order valence-corrected chi connectivity index (χ2v) is 4.99. The number of aliphatic hydroxyl groups excluding tert-OH is 1. The number of fused-ring (bicyclic) bond motifs is 1. The van der Waals surface area contributed by atoms with Gasteiger partial charge in [0.2, 0.25) is 12.8 Å². The Balaban J connectivity index is 1.93. The molecule has 1 fully saturated rings. The fourth-order valence-electron chi connectivity index (χ4n) is 2.95. The summed E-state index contributed by atoms with van der Waals surface area (Å²) in [7, 11) is 0. The van der Waals surface area contributed by atoms with Gasteiger partial charge in [-0.1, -0.05) is 6.07 Å². The van der Waals surface area contributed by atoms with Gasteiger partial charge in [-0.3, -0.25) is 10.1 Å². The van der Waals surface area contributed by atoms with Crippen LogP contribution in [0.25, 0.3) is 0 Å². The molecule has 6 nitrogen and oxygen atoms in total. The molecule has 0 radical (unpaired) electrons. The van der Waals surface area contributed by atoms with E-state index in [1.165, 1.54) is 0 Å². The van der Waals surface area contributed by atoms with Crippen molar-refractivity contribution in [1.29, 1.82) is 0 Å². The standard InChI is InChI=1S/C13H15NO5/c15-10-3-1-2-9(13(10)14(16)17)8-4-5-11-12(6-8)19-7-18-11/h4-6,9-10,13,15H,1-3,7H2/t9-,10-,13-/m1/s1. The molecular weight excluding hydrogens is 250 g/mol. The lowest BCUT2D eigenvalue weighted by atomic mass is 9.78. The second kappa shape index (κ2) is 4.70. The Morgan fingerprint density at radius 3 is 2.84 bits per heavy atom. The van der Waals surface area contributed by atoms with Gasteiger partial charge in [-0.15, -0.1) is 0 Å². The molecule has 1 aromatic rings. The molecule has 1 N–H and O–H groups in total. The highest BCUT2D eigenvalue weighted by Crippen LogP contribution is 2.40. The first-order chi connectivity index (χ1) is 9.16. The van der Waals surface area contributed by atoms with E-state index in [0.717, 1.165) is 12.0 Å². The van der Waals surface area contributed by atoms with E-state index < -0.39 is 12.1 Å². The Hall–Kier alpha value is -1.82. The summed E-state index contributed by atoms with van der Waals surface area (Å²) in [6.07, 6.45) is 1.12. The first-order valence-electron chi connectivity index (χ1n) is 6.38. The predicted molar refractivity (Wildman–Crippen MR) is 65.9 cm³/mol. The Labute approximate surface area is 110 Å². The first kappa shape index (κ1) is 12.2. The minimum Gasteiger partial charge on any atom is -0.454 e. The maximum absolute atomic E-state index is 11.2. The lowest BCUT2D eigenvalue weighted by Crippen LogP contribution is -2.42. The fraction of sp³-hybridized carbons (Fsp3) is 0.538. The molecule has 0 unspecified atom stereocenters. The quantitative estimate of drug-likeness (QED) is 0.650. The molecule has 3 atom stereocenters. The number of nitrogens with zero attached hydrogens (tertiary/aromatic N) is 1. The molecule has 1 aromatic carbocycles. The van der Waals surface area contributed by atoms with Crippen molar-refractivity contribution < 1.29 is 19.5 Å². The van der Waals surface area contributed by atoms with E-state index in [9.17, 15) is 15.2 Å². The van der Waals surface area contributed by atoms with Gasteiger partial charge in [0.1, 0.15) is 6.10 Å². The van der Waals surface area contributed by atoms with Gasteiger partial charge in [0.25, 0.3) is 0 Å². The highest BCUT2D eigenvalue weighted by atomic mass is 16.7. The van der Waals surface area contributed by atoms with E-state index in [0.29, 0.717) is 24.3 Å². The molecule has 1 heterocycles. The molecule has 102 valence electrons. The summed E-state index contributed by atoms with van der Waals surface area (Å²) in [6, 6.07) is 4.46. The third-order valence-electron chi connectivity index (χ3n) is 3.89. The van der Waals surface area contributed by atoms with Gasteiger partial charge < -0.3 is 14.6 Å². The molecule has 19 heavy (non-hydrogen) atoms. The zero-order valence-electron chi connectivity index (χ0n) is 10.3. The van der Waals surface area contributed by atoms with Crippen LogP contribution in [0.1, 0.15) is 30.7 Å². The predicted octanol–water partition coefficient (Wildman–Crippen LogP) is 1.69. The van der Waals surface area contributed by atoms with E-state index in [-0.39, 0.29) is 17.6 Å². The molecule has 1 saturated carbocycles. The van der Waals surface area contributed by atoms with Gasteiger partial charge in [-0.05, 0) is 37.0 Å². The third-order valence-corrected chi connectivity index (χ3v) is 3.89. The minimum atomic E-state index is -0.936. The summed E-state index contributed by atoms with van der Waals surface area (Å²) >= 11 is 0. The molecular formula is C13H15NO5. The topological polar surface area (TPSA) is 81.8 Å². The Kier molecular flexibility index (Phi) is 3.02. The van der Waals surface area contributed by atoms with E-state index in [2.05, 4.69) is 0 Å². The van der Waals surface area contributed by atoms with Crippen molar-refractivity contribution in [2.45, 2.75) is 37.3 Å². The molecule has 1 aliphatic carbocycles. The van der Waals surface area contributed by atoms with Crippen molar-refractivity contribution >= 4 is 0 Å². The van der Waals surface area contributed by atoms with E-state index in [4.69, 9.17) is 9.47 Å². The zero-order valence-corrected chi connectivity index (χ0v) is 10.3. The molecule has 0 bridgehead atoms. The van der Waals surface area contributed by atoms with Crippen molar-refractivity contribution in [3.63, 3.8) is 0 Å². The van der Waals surface area contributed by atoms with E-state index >= 15 is 0 Å². The lowest BCUT2D eigenvalue weighted by molar-refractivity contribution is -0.541. The highest BCUT2D eigenvalue weighted by Gasteiger charge is 2.42. The second-order valence-electron chi connectivity index (χ2n) is 4.99. The van der Waals surface area contributed by atoms with Gasteiger partial charge in [0.05, 0.1) is 5.92 Å². The van der Waals surface area contributed by atoms with Crippen LogP contribution in [-0.2, 0) is 0 Å². The molecule has 0 aromatic heterocycles. The van der Waals surface area contributed by atoms with Gasteiger partial charge in [-0.2, -0.15) is 0 Å². The molecule has 0 amide bonds. The van der Waals surface area contributed by atoms with Crippen LogP contribution in [0.15, 0.2) is 18.2 Å². The van der Waals surface area contributed by atoms with Crippen LogP contribution in [0.2, 0.25) is 0 Å². The zero-order chi connectivity index (χ0) is 13.4. The average molecular weight is 265 g/mol. The van der Waals surface area contributed by atoms with Gasteiger partial charge in [0.15, 0.2) is 11.5 Å². The number of nitro groups is 1. The molecule has 0 saturated heterocycles. The van der Waals surface area contributed by atoms with Crippen LogP contribution in [0.5, 0.6) is 11.5 Å². The molecule has 6 heteroatoms. The third kappa shape index (κ3) is 2.12.